The normalized spacial score (nSPS) is 16.2. The van der Waals surface area contributed by atoms with Gasteiger partial charge >= 0.3 is 5.69 Å². The van der Waals surface area contributed by atoms with Crippen LogP contribution in [0.15, 0.2) is 0 Å². The van der Waals surface area contributed by atoms with E-state index in [1.165, 1.54) is 12.8 Å². The predicted octanol–water partition coefficient (Wildman–Crippen LogP) is 2.18. The Morgan fingerprint density at radius 2 is 2.24 bits per heavy atom. The zero-order chi connectivity index (χ0) is 15.6. The van der Waals surface area contributed by atoms with Crippen molar-refractivity contribution in [3.05, 3.63) is 15.8 Å². The van der Waals surface area contributed by atoms with E-state index in [0.717, 1.165) is 6.42 Å². The number of nitrogens with zero attached hydrogens (tertiary/aromatic N) is 4. The lowest BCUT2D eigenvalue weighted by atomic mass is 10.2. The Bertz CT molecular complexity index is 510. The molecule has 1 fully saturated rings. The molecule has 1 aromatic heterocycles. The third-order valence-corrected chi connectivity index (χ3v) is 4.14. The molecule has 2 rings (SSSR count). The highest BCUT2D eigenvalue weighted by atomic mass is 16.6. The van der Waals surface area contributed by atoms with Gasteiger partial charge in [-0.25, -0.2) is 4.68 Å². The van der Waals surface area contributed by atoms with Crippen LogP contribution in [0.1, 0.15) is 38.8 Å². The molecule has 21 heavy (non-hydrogen) atoms. The van der Waals surface area contributed by atoms with Crippen molar-refractivity contribution in [1.82, 2.24) is 14.7 Å². The molecule has 0 spiro atoms. The van der Waals surface area contributed by atoms with E-state index >= 15 is 0 Å². The van der Waals surface area contributed by atoms with Gasteiger partial charge in [0.15, 0.2) is 0 Å². The molecule has 0 bridgehead atoms. The van der Waals surface area contributed by atoms with Gasteiger partial charge in [-0.1, -0.05) is 13.3 Å². The number of nitrogens with one attached hydrogen (secondary N) is 1. The lowest BCUT2D eigenvalue weighted by molar-refractivity contribution is -0.384. The highest BCUT2D eigenvalue weighted by Crippen LogP contribution is 2.30. The minimum atomic E-state index is -0.324. The van der Waals surface area contributed by atoms with Gasteiger partial charge in [-0.15, -0.1) is 0 Å². The molecule has 1 N–H and O–H groups in total. The number of rotatable bonds is 8. The van der Waals surface area contributed by atoms with Crippen molar-refractivity contribution in [2.75, 3.05) is 18.9 Å². The molecule has 1 atom stereocenters. The number of aryl methyl sites for hydroxylation is 2. The molecule has 1 saturated carbocycles. The van der Waals surface area contributed by atoms with Gasteiger partial charge in [0.25, 0.3) is 0 Å². The van der Waals surface area contributed by atoms with Crippen LogP contribution in [0.2, 0.25) is 0 Å². The molecule has 1 unspecified atom stereocenters. The van der Waals surface area contributed by atoms with E-state index in [2.05, 4.69) is 29.3 Å². The number of nitro groups is 1. The fourth-order valence-electron chi connectivity index (χ4n) is 2.59. The summed E-state index contributed by atoms with van der Waals surface area (Å²) in [7, 11) is 3.87. The van der Waals surface area contributed by atoms with Gasteiger partial charge in [0.2, 0.25) is 5.82 Å². The maximum Gasteiger partial charge on any atom is 0.333 e. The quantitative estimate of drug-likeness (QED) is 0.587. The number of anilines is 1. The first-order valence-corrected chi connectivity index (χ1v) is 7.61. The summed E-state index contributed by atoms with van der Waals surface area (Å²) in [5, 5.41) is 18.8. The van der Waals surface area contributed by atoms with Crippen LogP contribution in [0.4, 0.5) is 11.5 Å². The molecule has 0 saturated heterocycles. The second-order valence-electron chi connectivity index (χ2n) is 5.90. The second-order valence-corrected chi connectivity index (χ2v) is 5.90. The van der Waals surface area contributed by atoms with Gasteiger partial charge in [-0.2, -0.15) is 5.10 Å². The Labute approximate surface area is 125 Å². The number of hydrogen-bond donors (Lipinski definition) is 1. The summed E-state index contributed by atoms with van der Waals surface area (Å²) in [5.41, 5.74) is 0.691. The number of hydrogen-bond acceptors (Lipinski definition) is 5. The monoisotopic (exact) mass is 295 g/mol. The highest BCUT2D eigenvalue weighted by Gasteiger charge is 2.30. The molecule has 7 nitrogen and oxygen atoms in total. The van der Waals surface area contributed by atoms with Crippen LogP contribution >= 0.6 is 0 Å². The fourth-order valence-corrected chi connectivity index (χ4v) is 2.59. The van der Waals surface area contributed by atoms with Crippen LogP contribution in [-0.2, 0) is 13.5 Å². The topological polar surface area (TPSA) is 76.2 Å². The van der Waals surface area contributed by atoms with Gasteiger partial charge in [-0.3, -0.25) is 15.0 Å². The molecule has 1 aromatic rings. The van der Waals surface area contributed by atoms with Gasteiger partial charge in [0, 0.05) is 25.7 Å². The third kappa shape index (κ3) is 3.53. The van der Waals surface area contributed by atoms with Gasteiger partial charge in [-0.05, 0) is 33.2 Å². The van der Waals surface area contributed by atoms with Gasteiger partial charge in [0.05, 0.1) is 4.92 Å². The SMILES string of the molecule is CCCc1nn(C)c(NCC(C)N(C)C2CC2)c1[N+](=O)[O-]. The molecule has 118 valence electrons. The van der Waals surface area contributed by atoms with Crippen molar-refractivity contribution in [1.29, 1.82) is 0 Å². The third-order valence-electron chi connectivity index (χ3n) is 4.14. The lowest BCUT2D eigenvalue weighted by Gasteiger charge is -2.24. The van der Waals surface area contributed by atoms with E-state index in [1.54, 1.807) is 11.7 Å². The summed E-state index contributed by atoms with van der Waals surface area (Å²) >= 11 is 0. The summed E-state index contributed by atoms with van der Waals surface area (Å²) in [4.78, 5) is 13.3. The van der Waals surface area contributed by atoms with Crippen LogP contribution in [0.5, 0.6) is 0 Å². The highest BCUT2D eigenvalue weighted by molar-refractivity contribution is 5.59. The zero-order valence-corrected chi connectivity index (χ0v) is 13.3. The van der Waals surface area contributed by atoms with Crippen LogP contribution in [0.25, 0.3) is 0 Å². The molecule has 1 aliphatic rings. The summed E-state index contributed by atoms with van der Waals surface area (Å²) in [6.07, 6.45) is 3.99. The second kappa shape index (κ2) is 6.43. The maximum absolute atomic E-state index is 11.3. The number of aromatic nitrogens is 2. The largest absolute Gasteiger partial charge is 0.363 e. The standard InChI is InChI=1S/C14H25N5O2/c1-5-6-12-13(19(20)21)14(18(4)16-12)15-9-10(2)17(3)11-7-8-11/h10-11,15H,5-9H2,1-4H3. The van der Waals surface area contributed by atoms with E-state index in [0.29, 0.717) is 36.6 Å². The van der Waals surface area contributed by atoms with Crippen molar-refractivity contribution in [2.45, 2.75) is 51.6 Å². The smallest absolute Gasteiger partial charge is 0.333 e. The maximum atomic E-state index is 11.3. The predicted molar refractivity (Wildman–Crippen MR) is 82.6 cm³/mol. The summed E-state index contributed by atoms with van der Waals surface area (Å²) in [5.74, 6) is 0.513. The molecular formula is C14H25N5O2. The molecule has 1 heterocycles. The molecular weight excluding hydrogens is 270 g/mol. The van der Waals surface area contributed by atoms with Crippen molar-refractivity contribution in [3.8, 4) is 0 Å². The first-order valence-electron chi connectivity index (χ1n) is 7.61. The Kier molecular flexibility index (Phi) is 4.82. The molecule has 7 heteroatoms. The Balaban J connectivity index is 2.09. The fraction of sp³-hybridized carbons (Fsp3) is 0.786. The molecule has 0 amide bonds. The van der Waals surface area contributed by atoms with E-state index in [4.69, 9.17) is 0 Å². The summed E-state index contributed by atoms with van der Waals surface area (Å²) < 4.78 is 1.59. The molecule has 1 aliphatic carbocycles. The van der Waals surface area contributed by atoms with Crippen LogP contribution in [-0.4, -0.2) is 45.3 Å². The summed E-state index contributed by atoms with van der Waals surface area (Å²) in [6.45, 7) is 4.82. The average molecular weight is 295 g/mol. The van der Waals surface area contributed by atoms with Crippen molar-refractivity contribution in [3.63, 3.8) is 0 Å². The molecule has 0 radical (unpaired) electrons. The van der Waals surface area contributed by atoms with E-state index < -0.39 is 0 Å². The van der Waals surface area contributed by atoms with Crippen molar-refractivity contribution in [2.24, 2.45) is 7.05 Å². The Hall–Kier alpha value is -1.63. The minimum absolute atomic E-state index is 0.126. The number of likely N-dealkylation sites (N-methyl/N-ethyl adjacent to an activating group) is 1. The van der Waals surface area contributed by atoms with Crippen molar-refractivity contribution >= 4 is 11.5 Å². The average Bonchev–Trinajstić information content (AvgIpc) is 3.21. The van der Waals surface area contributed by atoms with E-state index in [1.807, 2.05) is 6.92 Å². The van der Waals surface area contributed by atoms with Gasteiger partial charge < -0.3 is 5.32 Å². The molecule has 0 aliphatic heterocycles. The Morgan fingerprint density at radius 3 is 2.76 bits per heavy atom. The van der Waals surface area contributed by atoms with Crippen LogP contribution in [0, 0.1) is 10.1 Å². The molecule has 0 aromatic carbocycles. The lowest BCUT2D eigenvalue weighted by Crippen LogP contribution is -2.36. The zero-order valence-electron chi connectivity index (χ0n) is 13.3. The van der Waals surface area contributed by atoms with Crippen LogP contribution < -0.4 is 5.32 Å². The van der Waals surface area contributed by atoms with E-state index in [-0.39, 0.29) is 10.6 Å². The Morgan fingerprint density at radius 1 is 1.57 bits per heavy atom. The van der Waals surface area contributed by atoms with Crippen molar-refractivity contribution < 1.29 is 4.92 Å². The first-order chi connectivity index (χ1) is 9.95. The summed E-state index contributed by atoms with van der Waals surface area (Å²) in [6, 6.07) is 1.01. The first kappa shape index (κ1) is 15.8. The van der Waals surface area contributed by atoms with Gasteiger partial charge in [0.1, 0.15) is 5.69 Å². The van der Waals surface area contributed by atoms with E-state index in [9.17, 15) is 10.1 Å². The minimum Gasteiger partial charge on any atom is -0.363 e. The van der Waals surface area contributed by atoms with Crippen LogP contribution in [0.3, 0.4) is 0 Å².